The SMILES string of the molecule is CC(NC1(CNC(=O)C2(N)CCOCC2)CCCC1)c1ccccc1.Cl.Cl. The number of rotatable bonds is 6. The maximum atomic E-state index is 12.7. The molecule has 2 fully saturated rings. The molecule has 1 atom stereocenters. The van der Waals surface area contributed by atoms with Crippen LogP contribution in [0.25, 0.3) is 0 Å². The standard InChI is InChI=1S/C20H31N3O2.2ClH/c1-16(17-7-3-2-4-8-17)23-19(9-5-6-10-19)15-22-18(24)20(21)11-13-25-14-12-20;;/h2-4,7-8,16,23H,5-6,9-15,21H2,1H3,(H,22,24);2*1H. The second-order valence-electron chi connectivity index (χ2n) is 7.72. The summed E-state index contributed by atoms with van der Waals surface area (Å²) in [4.78, 5) is 12.7. The van der Waals surface area contributed by atoms with Crippen molar-refractivity contribution in [2.45, 2.75) is 62.6 Å². The maximum absolute atomic E-state index is 12.7. The molecule has 1 aliphatic heterocycles. The molecular formula is C20H33Cl2N3O2. The monoisotopic (exact) mass is 417 g/mol. The van der Waals surface area contributed by atoms with Gasteiger partial charge < -0.3 is 21.1 Å². The van der Waals surface area contributed by atoms with E-state index in [0.29, 0.717) is 32.6 Å². The van der Waals surface area contributed by atoms with Crippen LogP contribution in [-0.2, 0) is 9.53 Å². The fourth-order valence-electron chi connectivity index (χ4n) is 4.10. The van der Waals surface area contributed by atoms with Gasteiger partial charge >= 0.3 is 0 Å². The Kier molecular flexibility index (Phi) is 9.52. The average molecular weight is 418 g/mol. The Hall–Kier alpha value is -0.850. The van der Waals surface area contributed by atoms with Crippen molar-refractivity contribution in [3.63, 3.8) is 0 Å². The topological polar surface area (TPSA) is 76.4 Å². The highest BCUT2D eigenvalue weighted by molar-refractivity contribution is 5.86. The highest BCUT2D eigenvalue weighted by Crippen LogP contribution is 2.32. The van der Waals surface area contributed by atoms with Gasteiger partial charge in [-0.2, -0.15) is 0 Å². The normalized spacial score (nSPS) is 21.4. The molecule has 1 unspecified atom stereocenters. The lowest BCUT2D eigenvalue weighted by molar-refractivity contribution is -0.130. The summed E-state index contributed by atoms with van der Waals surface area (Å²) < 4.78 is 5.34. The lowest BCUT2D eigenvalue weighted by Crippen LogP contribution is -2.60. The van der Waals surface area contributed by atoms with Gasteiger partial charge in [0.15, 0.2) is 0 Å². The first-order chi connectivity index (χ1) is 12.0. The van der Waals surface area contributed by atoms with Crippen molar-refractivity contribution < 1.29 is 9.53 Å². The number of carbonyl (C=O) groups is 1. The molecule has 0 radical (unpaired) electrons. The van der Waals surface area contributed by atoms with E-state index in [-0.39, 0.29) is 42.3 Å². The molecule has 0 bridgehead atoms. The van der Waals surface area contributed by atoms with Crippen LogP contribution in [0.1, 0.15) is 57.1 Å². The molecule has 154 valence electrons. The van der Waals surface area contributed by atoms with Gasteiger partial charge in [-0.1, -0.05) is 43.2 Å². The van der Waals surface area contributed by atoms with Crippen LogP contribution in [0.2, 0.25) is 0 Å². The molecule has 1 aromatic carbocycles. The van der Waals surface area contributed by atoms with E-state index in [1.54, 1.807) is 0 Å². The number of carbonyl (C=O) groups excluding carboxylic acids is 1. The van der Waals surface area contributed by atoms with Gasteiger partial charge in [-0.25, -0.2) is 0 Å². The van der Waals surface area contributed by atoms with E-state index in [0.717, 1.165) is 12.8 Å². The minimum atomic E-state index is -0.775. The average Bonchev–Trinajstić information content (AvgIpc) is 3.09. The number of benzene rings is 1. The molecule has 1 aromatic rings. The molecule has 5 nitrogen and oxygen atoms in total. The van der Waals surface area contributed by atoms with E-state index in [2.05, 4.69) is 41.8 Å². The molecular weight excluding hydrogens is 385 g/mol. The quantitative estimate of drug-likeness (QED) is 0.664. The second-order valence-corrected chi connectivity index (χ2v) is 7.72. The van der Waals surface area contributed by atoms with Crippen molar-refractivity contribution in [1.82, 2.24) is 10.6 Å². The summed E-state index contributed by atoms with van der Waals surface area (Å²) >= 11 is 0. The lowest BCUT2D eigenvalue weighted by Gasteiger charge is -2.37. The van der Waals surface area contributed by atoms with Gasteiger partial charge in [-0.05, 0) is 38.2 Å². The van der Waals surface area contributed by atoms with Crippen LogP contribution in [0.15, 0.2) is 30.3 Å². The van der Waals surface area contributed by atoms with Gasteiger partial charge in [0.1, 0.15) is 0 Å². The second kappa shape index (κ2) is 10.6. The fraction of sp³-hybridized carbons (Fsp3) is 0.650. The summed E-state index contributed by atoms with van der Waals surface area (Å²) in [7, 11) is 0. The summed E-state index contributed by atoms with van der Waals surface area (Å²) in [6.07, 6.45) is 5.77. The van der Waals surface area contributed by atoms with E-state index >= 15 is 0 Å². The molecule has 1 aliphatic carbocycles. The Labute approximate surface area is 175 Å². The molecule has 0 aromatic heterocycles. The minimum Gasteiger partial charge on any atom is -0.381 e. The van der Waals surface area contributed by atoms with Crippen LogP contribution in [0.4, 0.5) is 0 Å². The predicted molar refractivity (Wildman–Crippen MR) is 114 cm³/mol. The summed E-state index contributed by atoms with van der Waals surface area (Å²) in [5.74, 6) is -0.0313. The lowest BCUT2D eigenvalue weighted by atomic mass is 9.89. The fourth-order valence-corrected chi connectivity index (χ4v) is 4.10. The van der Waals surface area contributed by atoms with Crippen LogP contribution in [0, 0.1) is 0 Å². The Balaban J connectivity index is 0.00000182. The molecule has 1 amide bonds. The molecule has 7 heteroatoms. The maximum Gasteiger partial charge on any atom is 0.240 e. The number of hydrogen-bond acceptors (Lipinski definition) is 4. The van der Waals surface area contributed by atoms with Crippen LogP contribution in [0.5, 0.6) is 0 Å². The van der Waals surface area contributed by atoms with Crippen molar-refractivity contribution >= 4 is 30.7 Å². The van der Waals surface area contributed by atoms with Crippen molar-refractivity contribution in [2.75, 3.05) is 19.8 Å². The van der Waals surface area contributed by atoms with E-state index in [4.69, 9.17) is 10.5 Å². The number of nitrogens with one attached hydrogen (secondary N) is 2. The zero-order valence-electron chi connectivity index (χ0n) is 16.0. The molecule has 1 heterocycles. The van der Waals surface area contributed by atoms with Gasteiger partial charge in [0.2, 0.25) is 5.91 Å². The Morgan fingerprint density at radius 2 is 1.70 bits per heavy atom. The third kappa shape index (κ3) is 6.06. The number of halogens is 2. The van der Waals surface area contributed by atoms with Crippen LogP contribution < -0.4 is 16.4 Å². The molecule has 3 rings (SSSR count). The van der Waals surface area contributed by atoms with Crippen LogP contribution >= 0.6 is 24.8 Å². The zero-order valence-corrected chi connectivity index (χ0v) is 17.7. The first kappa shape index (κ1) is 24.2. The molecule has 27 heavy (non-hydrogen) atoms. The van der Waals surface area contributed by atoms with Gasteiger partial charge in [-0.3, -0.25) is 4.79 Å². The smallest absolute Gasteiger partial charge is 0.240 e. The van der Waals surface area contributed by atoms with Crippen LogP contribution in [0.3, 0.4) is 0 Å². The van der Waals surface area contributed by atoms with E-state index in [1.807, 2.05) is 6.07 Å². The Morgan fingerprint density at radius 1 is 1.11 bits per heavy atom. The number of ether oxygens (including phenoxy) is 1. The highest BCUT2D eigenvalue weighted by Gasteiger charge is 2.39. The number of amides is 1. The first-order valence-corrected chi connectivity index (χ1v) is 9.51. The summed E-state index contributed by atoms with van der Waals surface area (Å²) in [6, 6.07) is 10.7. The summed E-state index contributed by atoms with van der Waals surface area (Å²) in [5, 5.41) is 6.95. The Bertz CT molecular complexity index is 574. The van der Waals surface area contributed by atoms with Crippen molar-refractivity contribution in [3.8, 4) is 0 Å². The van der Waals surface area contributed by atoms with E-state index < -0.39 is 5.54 Å². The highest BCUT2D eigenvalue weighted by atomic mass is 35.5. The molecule has 4 N–H and O–H groups in total. The number of nitrogens with two attached hydrogens (primary N) is 1. The third-order valence-electron chi connectivity index (χ3n) is 5.81. The van der Waals surface area contributed by atoms with Crippen LogP contribution in [-0.4, -0.2) is 36.7 Å². The zero-order chi connectivity index (χ0) is 17.8. The van der Waals surface area contributed by atoms with Gasteiger partial charge in [0, 0.05) is 31.3 Å². The summed E-state index contributed by atoms with van der Waals surface area (Å²) in [6.45, 7) is 3.97. The summed E-state index contributed by atoms with van der Waals surface area (Å²) in [5.41, 5.74) is 6.78. The number of hydrogen-bond donors (Lipinski definition) is 3. The van der Waals surface area contributed by atoms with Gasteiger partial charge in [-0.15, -0.1) is 24.8 Å². The van der Waals surface area contributed by atoms with Crippen molar-refractivity contribution in [2.24, 2.45) is 5.73 Å². The molecule has 1 saturated carbocycles. The third-order valence-corrected chi connectivity index (χ3v) is 5.81. The largest absolute Gasteiger partial charge is 0.381 e. The Morgan fingerprint density at radius 3 is 2.30 bits per heavy atom. The van der Waals surface area contributed by atoms with E-state index in [9.17, 15) is 4.79 Å². The predicted octanol–water partition coefficient (Wildman–Crippen LogP) is 3.12. The van der Waals surface area contributed by atoms with Gasteiger partial charge in [0.05, 0.1) is 5.54 Å². The van der Waals surface area contributed by atoms with Crippen molar-refractivity contribution in [3.05, 3.63) is 35.9 Å². The first-order valence-electron chi connectivity index (χ1n) is 9.51. The molecule has 1 saturated heterocycles. The minimum absolute atomic E-state index is 0. The van der Waals surface area contributed by atoms with Crippen molar-refractivity contribution in [1.29, 1.82) is 0 Å². The van der Waals surface area contributed by atoms with E-state index in [1.165, 1.54) is 18.4 Å². The molecule has 2 aliphatic rings. The molecule has 0 spiro atoms. The van der Waals surface area contributed by atoms with Gasteiger partial charge in [0.25, 0.3) is 0 Å².